The van der Waals surface area contributed by atoms with E-state index in [1.807, 2.05) is 24.3 Å². The van der Waals surface area contributed by atoms with Crippen LogP contribution in [0.2, 0.25) is 0 Å². The highest BCUT2D eigenvalue weighted by molar-refractivity contribution is 7.47. The summed E-state index contributed by atoms with van der Waals surface area (Å²) in [4.78, 5) is 28.3. The summed E-state index contributed by atoms with van der Waals surface area (Å²) in [5, 5.41) is 23.0. The number of carboxylic acid groups (broad SMARTS) is 1. The highest BCUT2D eigenvalue weighted by atomic mass is 31.2. The maximum Gasteiger partial charge on any atom is 0.472 e. The van der Waals surface area contributed by atoms with Gasteiger partial charge in [-0.2, -0.15) is 0 Å². The number of aromatic nitrogens is 1. The number of fused-ring (bicyclic) bond motifs is 1. The second-order valence-corrected chi connectivity index (χ2v) is 8.40. The minimum Gasteiger partial charge on any atom is -0.860 e. The maximum atomic E-state index is 12.6. The van der Waals surface area contributed by atoms with E-state index < -0.39 is 31.8 Å². The van der Waals surface area contributed by atoms with Gasteiger partial charge in [0.1, 0.15) is 6.04 Å². The molecule has 0 aliphatic rings. The molecule has 0 saturated heterocycles. The number of benzene rings is 1. The minimum absolute atomic E-state index is 0.0122. The van der Waals surface area contributed by atoms with Crippen LogP contribution >= 0.6 is 7.82 Å². The molecule has 0 fully saturated rings. The SMILES string of the molecule is CCOP(=O)(O)O[C@@H](CC(C)C)C([O-])=N[C@@H](Cc1c[nH]c2ccccc12)C(=O)O. The van der Waals surface area contributed by atoms with Gasteiger partial charge >= 0.3 is 13.8 Å². The van der Waals surface area contributed by atoms with E-state index in [9.17, 15) is 24.5 Å². The number of nitrogens with one attached hydrogen (secondary N) is 1. The molecule has 1 heterocycles. The highest BCUT2D eigenvalue weighted by Gasteiger charge is 2.28. The van der Waals surface area contributed by atoms with Crippen LogP contribution in [0.25, 0.3) is 10.9 Å². The molecule has 2 rings (SSSR count). The fraction of sp³-hybridized carbons (Fsp3) is 0.474. The van der Waals surface area contributed by atoms with Crippen molar-refractivity contribution in [1.82, 2.24) is 4.98 Å². The van der Waals surface area contributed by atoms with E-state index in [-0.39, 0.29) is 25.4 Å². The number of para-hydroxylation sites is 1. The molecule has 9 nitrogen and oxygen atoms in total. The first-order valence-corrected chi connectivity index (χ1v) is 10.8. The van der Waals surface area contributed by atoms with Crippen LogP contribution in [0.4, 0.5) is 0 Å². The number of phosphoric acid groups is 1. The van der Waals surface area contributed by atoms with E-state index in [0.29, 0.717) is 5.56 Å². The van der Waals surface area contributed by atoms with Crippen LogP contribution in [-0.4, -0.2) is 45.6 Å². The molecule has 1 aromatic heterocycles. The van der Waals surface area contributed by atoms with E-state index >= 15 is 0 Å². The van der Waals surface area contributed by atoms with Crippen molar-refractivity contribution in [2.75, 3.05) is 6.61 Å². The lowest BCUT2D eigenvalue weighted by atomic mass is 10.0. The van der Waals surface area contributed by atoms with Gasteiger partial charge < -0.3 is 20.1 Å². The lowest BCUT2D eigenvalue weighted by Gasteiger charge is -2.27. The predicted molar refractivity (Wildman–Crippen MR) is 107 cm³/mol. The van der Waals surface area contributed by atoms with Crippen molar-refractivity contribution in [3.05, 3.63) is 36.0 Å². The smallest absolute Gasteiger partial charge is 0.472 e. The van der Waals surface area contributed by atoms with Crippen LogP contribution in [-0.2, 0) is 24.8 Å². The maximum absolute atomic E-state index is 12.6. The van der Waals surface area contributed by atoms with Gasteiger partial charge in [-0.1, -0.05) is 32.0 Å². The Labute approximate surface area is 169 Å². The summed E-state index contributed by atoms with van der Waals surface area (Å²) >= 11 is 0. The standard InChI is InChI=1S/C19H27N2O7P/c1-4-27-29(25,26)28-17(9-12(2)3)18(22)21-16(19(23)24)10-13-11-20-15-8-6-5-7-14(13)15/h5-8,11-12,16-17,20H,4,9-10H2,1-3H3,(H,21,22)(H,23,24)(H,25,26)/p-1/t16-,17-/m0/s1. The third-order valence-corrected chi connectivity index (χ3v) is 5.28. The Morgan fingerprint density at radius 1 is 1.34 bits per heavy atom. The van der Waals surface area contributed by atoms with E-state index in [1.165, 1.54) is 6.92 Å². The fourth-order valence-corrected chi connectivity index (χ4v) is 3.79. The summed E-state index contributed by atoms with van der Waals surface area (Å²) in [6.07, 6.45) is 0.392. The second kappa shape index (κ2) is 10.0. The number of aliphatic imine (C=N–C) groups is 1. The van der Waals surface area contributed by atoms with Crippen molar-refractivity contribution < 1.29 is 33.5 Å². The summed E-state index contributed by atoms with van der Waals surface area (Å²) in [6.45, 7) is 5.03. The molecular weight excluding hydrogens is 399 g/mol. The van der Waals surface area contributed by atoms with Gasteiger partial charge in [-0.25, -0.2) is 9.36 Å². The number of H-pyrrole nitrogens is 1. The number of hydrogen-bond acceptors (Lipinski definition) is 6. The molecule has 0 bridgehead atoms. The Bertz CT molecular complexity index is 909. The molecule has 29 heavy (non-hydrogen) atoms. The van der Waals surface area contributed by atoms with Gasteiger partial charge in [0.05, 0.1) is 12.7 Å². The molecule has 0 aliphatic heterocycles. The van der Waals surface area contributed by atoms with Gasteiger partial charge in [0, 0.05) is 23.5 Å². The second-order valence-electron chi connectivity index (χ2n) is 6.99. The van der Waals surface area contributed by atoms with Gasteiger partial charge in [0.25, 0.3) is 0 Å². The Balaban J connectivity index is 2.27. The summed E-state index contributed by atoms with van der Waals surface area (Å²) in [7, 11) is -4.45. The van der Waals surface area contributed by atoms with Gasteiger partial charge in [-0.3, -0.25) is 14.0 Å². The van der Waals surface area contributed by atoms with E-state index in [4.69, 9.17) is 4.52 Å². The first kappa shape index (κ1) is 23.1. The Morgan fingerprint density at radius 2 is 2.03 bits per heavy atom. The Kier molecular flexibility index (Phi) is 7.98. The third kappa shape index (κ3) is 6.68. The molecule has 0 saturated carbocycles. The number of aromatic amines is 1. The average molecular weight is 425 g/mol. The summed E-state index contributed by atoms with van der Waals surface area (Å²) in [6, 6.07) is 6.03. The van der Waals surface area contributed by atoms with Crippen LogP contribution in [0, 0.1) is 5.92 Å². The van der Waals surface area contributed by atoms with Crippen molar-refractivity contribution in [1.29, 1.82) is 0 Å². The molecule has 3 atom stereocenters. The van der Waals surface area contributed by atoms with E-state index in [0.717, 1.165) is 10.9 Å². The number of aliphatic carboxylic acids is 1. The topological polar surface area (TPSA) is 144 Å². The number of carboxylic acids is 1. The number of phosphoric ester groups is 1. The molecule has 2 aromatic rings. The zero-order valence-corrected chi connectivity index (χ0v) is 17.5. The van der Waals surface area contributed by atoms with Crippen molar-refractivity contribution in [3.8, 4) is 0 Å². The average Bonchev–Trinajstić information content (AvgIpc) is 3.03. The lowest BCUT2D eigenvalue weighted by Crippen LogP contribution is -2.38. The van der Waals surface area contributed by atoms with Gasteiger partial charge in [0.15, 0.2) is 0 Å². The normalized spacial score (nSPS) is 16.7. The number of nitrogens with zero attached hydrogens (tertiary/aromatic N) is 1. The van der Waals surface area contributed by atoms with Crippen molar-refractivity contribution in [2.24, 2.45) is 10.9 Å². The first-order chi connectivity index (χ1) is 13.6. The highest BCUT2D eigenvalue weighted by Crippen LogP contribution is 2.45. The molecule has 0 aliphatic carbocycles. The molecular formula is C19H26N2O7P-. The monoisotopic (exact) mass is 425 g/mol. The van der Waals surface area contributed by atoms with E-state index in [1.54, 1.807) is 20.0 Å². The fourth-order valence-electron chi connectivity index (χ4n) is 2.91. The predicted octanol–water partition coefficient (Wildman–Crippen LogP) is 2.49. The largest absolute Gasteiger partial charge is 0.860 e. The molecule has 0 spiro atoms. The molecule has 1 aromatic carbocycles. The molecule has 10 heteroatoms. The van der Waals surface area contributed by atoms with Crippen LogP contribution in [0.1, 0.15) is 32.8 Å². The van der Waals surface area contributed by atoms with Crippen LogP contribution in [0.5, 0.6) is 0 Å². The summed E-state index contributed by atoms with van der Waals surface area (Å²) in [5.74, 6) is -2.23. The van der Waals surface area contributed by atoms with Crippen molar-refractivity contribution in [2.45, 2.75) is 45.8 Å². The quantitative estimate of drug-likeness (QED) is 0.285. The zero-order chi connectivity index (χ0) is 21.6. The minimum atomic E-state index is -4.45. The molecule has 0 amide bonds. The van der Waals surface area contributed by atoms with Crippen LogP contribution in [0.15, 0.2) is 35.5 Å². The molecule has 3 N–H and O–H groups in total. The lowest BCUT2D eigenvalue weighted by molar-refractivity contribution is -0.228. The third-order valence-electron chi connectivity index (χ3n) is 4.17. The zero-order valence-electron chi connectivity index (χ0n) is 16.6. The van der Waals surface area contributed by atoms with Crippen LogP contribution in [0.3, 0.4) is 0 Å². The molecule has 160 valence electrons. The Morgan fingerprint density at radius 3 is 2.66 bits per heavy atom. The van der Waals surface area contributed by atoms with Crippen LogP contribution < -0.4 is 5.11 Å². The Hall–Kier alpha value is -2.19. The molecule has 1 unspecified atom stereocenters. The molecule has 0 radical (unpaired) electrons. The van der Waals surface area contributed by atoms with Crippen molar-refractivity contribution >= 4 is 30.6 Å². The number of rotatable bonds is 11. The van der Waals surface area contributed by atoms with Gasteiger partial charge in [-0.15, -0.1) is 0 Å². The van der Waals surface area contributed by atoms with E-state index in [2.05, 4.69) is 14.5 Å². The van der Waals surface area contributed by atoms with Gasteiger partial charge in [-0.05, 0) is 36.8 Å². The number of hydrogen-bond donors (Lipinski definition) is 3. The van der Waals surface area contributed by atoms with Gasteiger partial charge in [0.2, 0.25) is 0 Å². The van der Waals surface area contributed by atoms with Crippen molar-refractivity contribution in [3.63, 3.8) is 0 Å². The summed E-state index contributed by atoms with van der Waals surface area (Å²) < 4.78 is 21.6. The summed E-state index contributed by atoms with van der Waals surface area (Å²) in [5.41, 5.74) is 1.55. The number of carbonyl (C=O) groups is 1. The first-order valence-electron chi connectivity index (χ1n) is 9.31.